The standard InChI is InChI=1S/C11H17N3O2S/c1-9(11(15)16)14-4-2-13(3-5-14)6-10-7-17-8-12-10/h7-9H,2-6H2,1H3,(H,15,16). The van der Waals surface area contributed by atoms with Crippen LogP contribution in [0.4, 0.5) is 0 Å². The van der Waals surface area contributed by atoms with Crippen LogP contribution in [0.2, 0.25) is 0 Å². The lowest BCUT2D eigenvalue weighted by molar-refractivity contribution is -0.143. The molecule has 1 aliphatic rings. The van der Waals surface area contributed by atoms with Crippen LogP contribution in [0.15, 0.2) is 10.9 Å². The zero-order chi connectivity index (χ0) is 12.3. The first-order valence-electron chi connectivity index (χ1n) is 5.73. The van der Waals surface area contributed by atoms with E-state index in [9.17, 15) is 4.79 Å². The fourth-order valence-electron chi connectivity index (χ4n) is 2.01. The SMILES string of the molecule is CC(C(=O)O)N1CCN(Cc2cscn2)CC1. The molecule has 0 bridgehead atoms. The highest BCUT2D eigenvalue weighted by atomic mass is 32.1. The van der Waals surface area contributed by atoms with E-state index in [2.05, 4.69) is 15.3 Å². The highest BCUT2D eigenvalue weighted by Crippen LogP contribution is 2.10. The third kappa shape index (κ3) is 3.24. The van der Waals surface area contributed by atoms with Gasteiger partial charge in [-0.05, 0) is 6.92 Å². The summed E-state index contributed by atoms with van der Waals surface area (Å²) in [7, 11) is 0. The Morgan fingerprint density at radius 1 is 1.53 bits per heavy atom. The van der Waals surface area contributed by atoms with Crippen LogP contribution in [0.3, 0.4) is 0 Å². The average Bonchev–Trinajstić information content (AvgIpc) is 2.82. The van der Waals surface area contributed by atoms with Gasteiger partial charge in [0.1, 0.15) is 6.04 Å². The van der Waals surface area contributed by atoms with Gasteiger partial charge in [0.25, 0.3) is 0 Å². The van der Waals surface area contributed by atoms with Crippen LogP contribution in [0.5, 0.6) is 0 Å². The Hall–Kier alpha value is -0.980. The lowest BCUT2D eigenvalue weighted by Crippen LogP contribution is -2.51. The average molecular weight is 255 g/mol. The van der Waals surface area contributed by atoms with Crippen molar-refractivity contribution >= 4 is 17.3 Å². The van der Waals surface area contributed by atoms with Gasteiger partial charge in [-0.3, -0.25) is 14.6 Å². The van der Waals surface area contributed by atoms with Gasteiger partial charge in [-0.25, -0.2) is 4.98 Å². The van der Waals surface area contributed by atoms with Gasteiger partial charge in [0.15, 0.2) is 0 Å². The van der Waals surface area contributed by atoms with Crippen LogP contribution in [-0.2, 0) is 11.3 Å². The van der Waals surface area contributed by atoms with Crippen LogP contribution >= 0.6 is 11.3 Å². The Balaban J connectivity index is 1.80. The Morgan fingerprint density at radius 3 is 2.76 bits per heavy atom. The second-order valence-corrected chi connectivity index (χ2v) is 5.02. The molecule has 1 N–H and O–H groups in total. The molecule has 1 aromatic rings. The molecule has 5 nitrogen and oxygen atoms in total. The number of thiazole rings is 1. The molecule has 0 radical (unpaired) electrons. The Labute approximate surface area is 105 Å². The molecule has 94 valence electrons. The summed E-state index contributed by atoms with van der Waals surface area (Å²) in [6.45, 7) is 6.08. The first-order chi connectivity index (χ1) is 8.16. The van der Waals surface area contributed by atoms with Crippen molar-refractivity contribution in [2.75, 3.05) is 26.2 Å². The third-order valence-electron chi connectivity index (χ3n) is 3.18. The summed E-state index contributed by atoms with van der Waals surface area (Å²) in [5, 5.41) is 11.0. The number of carboxylic acids is 1. The molecular formula is C11H17N3O2S. The number of carbonyl (C=O) groups is 1. The van der Waals surface area contributed by atoms with E-state index in [0.29, 0.717) is 0 Å². The maximum Gasteiger partial charge on any atom is 0.320 e. The number of aromatic nitrogens is 1. The summed E-state index contributed by atoms with van der Waals surface area (Å²) in [6.07, 6.45) is 0. The van der Waals surface area contributed by atoms with Gasteiger partial charge >= 0.3 is 5.97 Å². The maximum atomic E-state index is 10.9. The van der Waals surface area contributed by atoms with E-state index in [0.717, 1.165) is 38.4 Å². The number of hydrogen-bond acceptors (Lipinski definition) is 5. The van der Waals surface area contributed by atoms with Gasteiger partial charge < -0.3 is 5.11 Å². The monoisotopic (exact) mass is 255 g/mol. The van der Waals surface area contributed by atoms with Gasteiger partial charge in [0, 0.05) is 38.1 Å². The first-order valence-corrected chi connectivity index (χ1v) is 6.67. The van der Waals surface area contributed by atoms with Crippen molar-refractivity contribution in [3.63, 3.8) is 0 Å². The Morgan fingerprint density at radius 2 is 2.24 bits per heavy atom. The molecule has 2 rings (SSSR count). The van der Waals surface area contributed by atoms with Crippen molar-refractivity contribution in [2.24, 2.45) is 0 Å². The first kappa shape index (κ1) is 12.5. The number of piperazine rings is 1. The molecule has 0 aromatic carbocycles. The summed E-state index contributed by atoms with van der Waals surface area (Å²) >= 11 is 1.61. The van der Waals surface area contributed by atoms with E-state index in [1.807, 2.05) is 10.4 Å². The predicted molar refractivity (Wildman–Crippen MR) is 66.1 cm³/mol. The molecular weight excluding hydrogens is 238 g/mol. The summed E-state index contributed by atoms with van der Waals surface area (Å²) in [5.74, 6) is -0.738. The van der Waals surface area contributed by atoms with E-state index in [-0.39, 0.29) is 6.04 Å². The van der Waals surface area contributed by atoms with Gasteiger partial charge in [0.2, 0.25) is 0 Å². The molecule has 1 aliphatic heterocycles. The van der Waals surface area contributed by atoms with Crippen molar-refractivity contribution in [1.82, 2.24) is 14.8 Å². The fraction of sp³-hybridized carbons (Fsp3) is 0.636. The number of aliphatic carboxylic acids is 1. The molecule has 17 heavy (non-hydrogen) atoms. The summed E-state index contributed by atoms with van der Waals surface area (Å²) in [6, 6.07) is -0.378. The molecule has 2 heterocycles. The third-order valence-corrected chi connectivity index (χ3v) is 3.82. The summed E-state index contributed by atoms with van der Waals surface area (Å²) < 4.78 is 0. The predicted octanol–water partition coefficient (Wildman–Crippen LogP) is 0.734. The lowest BCUT2D eigenvalue weighted by atomic mass is 10.2. The van der Waals surface area contributed by atoms with Gasteiger partial charge in [-0.1, -0.05) is 0 Å². The van der Waals surface area contributed by atoms with Crippen LogP contribution in [-0.4, -0.2) is 58.1 Å². The molecule has 0 spiro atoms. The zero-order valence-electron chi connectivity index (χ0n) is 9.87. The normalized spacial score (nSPS) is 20.3. The summed E-state index contributed by atoms with van der Waals surface area (Å²) in [4.78, 5) is 19.5. The highest BCUT2D eigenvalue weighted by molar-refractivity contribution is 7.07. The minimum atomic E-state index is -0.738. The highest BCUT2D eigenvalue weighted by Gasteiger charge is 2.25. The van der Waals surface area contributed by atoms with Crippen molar-refractivity contribution in [1.29, 1.82) is 0 Å². The van der Waals surface area contributed by atoms with E-state index in [1.165, 1.54) is 0 Å². The Kier molecular flexibility index (Phi) is 4.09. The zero-order valence-corrected chi connectivity index (χ0v) is 10.7. The summed E-state index contributed by atoms with van der Waals surface area (Å²) in [5.41, 5.74) is 2.95. The van der Waals surface area contributed by atoms with Crippen LogP contribution in [0, 0.1) is 0 Å². The lowest BCUT2D eigenvalue weighted by Gasteiger charge is -2.36. The second kappa shape index (κ2) is 5.57. The van der Waals surface area contributed by atoms with Crippen LogP contribution in [0.1, 0.15) is 12.6 Å². The minimum Gasteiger partial charge on any atom is -0.480 e. The molecule has 1 aromatic heterocycles. The molecule has 1 fully saturated rings. The smallest absolute Gasteiger partial charge is 0.320 e. The van der Waals surface area contributed by atoms with Crippen molar-refractivity contribution in [3.05, 3.63) is 16.6 Å². The fourth-order valence-corrected chi connectivity index (χ4v) is 2.56. The molecule has 0 saturated carbocycles. The molecule has 0 aliphatic carbocycles. The molecule has 1 unspecified atom stereocenters. The minimum absolute atomic E-state index is 0.378. The second-order valence-electron chi connectivity index (χ2n) is 4.31. The van der Waals surface area contributed by atoms with Crippen molar-refractivity contribution < 1.29 is 9.90 Å². The van der Waals surface area contributed by atoms with Crippen LogP contribution < -0.4 is 0 Å². The Bertz CT molecular complexity index is 361. The van der Waals surface area contributed by atoms with E-state index < -0.39 is 5.97 Å². The van der Waals surface area contributed by atoms with E-state index >= 15 is 0 Å². The van der Waals surface area contributed by atoms with Gasteiger partial charge in [0.05, 0.1) is 11.2 Å². The van der Waals surface area contributed by atoms with E-state index in [1.54, 1.807) is 18.3 Å². The quantitative estimate of drug-likeness (QED) is 0.859. The maximum absolute atomic E-state index is 10.9. The number of hydrogen-bond donors (Lipinski definition) is 1. The number of nitrogens with zero attached hydrogens (tertiary/aromatic N) is 3. The van der Waals surface area contributed by atoms with Crippen molar-refractivity contribution in [3.8, 4) is 0 Å². The van der Waals surface area contributed by atoms with Crippen molar-refractivity contribution in [2.45, 2.75) is 19.5 Å². The molecule has 0 amide bonds. The number of rotatable bonds is 4. The molecule has 1 saturated heterocycles. The van der Waals surface area contributed by atoms with E-state index in [4.69, 9.17) is 5.11 Å². The van der Waals surface area contributed by atoms with Gasteiger partial charge in [-0.15, -0.1) is 11.3 Å². The van der Waals surface area contributed by atoms with Crippen LogP contribution in [0.25, 0.3) is 0 Å². The topological polar surface area (TPSA) is 56.7 Å². The largest absolute Gasteiger partial charge is 0.480 e. The molecule has 1 atom stereocenters. The van der Waals surface area contributed by atoms with Gasteiger partial charge in [-0.2, -0.15) is 0 Å². The number of carboxylic acid groups (broad SMARTS) is 1. The molecule has 6 heteroatoms.